The Balaban J connectivity index is 1.39. The molecule has 28 heavy (non-hydrogen) atoms. The third kappa shape index (κ3) is 3.90. The summed E-state index contributed by atoms with van der Waals surface area (Å²) in [5.74, 6) is 1.17. The topological polar surface area (TPSA) is 53.3 Å². The van der Waals surface area contributed by atoms with Crippen molar-refractivity contribution in [1.82, 2.24) is 4.90 Å². The quantitative estimate of drug-likeness (QED) is 0.725. The van der Waals surface area contributed by atoms with Gasteiger partial charge < -0.3 is 9.64 Å². The fraction of sp³-hybridized carbons (Fsp3) is 0.667. The first kappa shape index (κ1) is 19.3. The van der Waals surface area contributed by atoms with Crippen molar-refractivity contribution < 1.29 is 9.53 Å². The molecule has 1 amide bonds. The predicted octanol–water partition coefficient (Wildman–Crippen LogP) is 5.19. The number of nitriles is 1. The summed E-state index contributed by atoms with van der Waals surface area (Å²) in [5, 5.41) is 9.01. The molecule has 2 unspecified atom stereocenters. The lowest BCUT2D eigenvalue weighted by Crippen LogP contribution is -2.37. The summed E-state index contributed by atoms with van der Waals surface area (Å²) in [4.78, 5) is 15.3. The van der Waals surface area contributed by atoms with E-state index in [0.29, 0.717) is 11.5 Å². The smallest absolute Gasteiger partial charge is 0.254 e. The van der Waals surface area contributed by atoms with Crippen molar-refractivity contribution in [2.45, 2.75) is 77.9 Å². The van der Waals surface area contributed by atoms with Crippen molar-refractivity contribution >= 4 is 5.91 Å². The number of amides is 1. The maximum Gasteiger partial charge on any atom is 0.254 e. The van der Waals surface area contributed by atoms with Crippen LogP contribution in [0, 0.1) is 28.1 Å². The van der Waals surface area contributed by atoms with Gasteiger partial charge in [-0.05, 0) is 80.0 Å². The van der Waals surface area contributed by atoms with Gasteiger partial charge in [0.05, 0.1) is 12.2 Å². The van der Waals surface area contributed by atoms with E-state index in [9.17, 15) is 4.79 Å². The number of rotatable bonds is 3. The Morgan fingerprint density at radius 3 is 2.43 bits per heavy atom. The molecule has 0 aromatic heterocycles. The Morgan fingerprint density at radius 2 is 1.79 bits per heavy atom. The third-order valence-corrected chi connectivity index (χ3v) is 6.94. The standard InChI is InChI=1S/C24H32N2O2/c1-23(2)12-19-13-24(3,15-23)16-26(19)22(27)18-6-10-21(11-7-18)28-20-8-4-17(14-25)5-9-20/h6-7,10-11,17,19-20H,4-5,8-9,12-13,15-16H2,1-3H3. The van der Waals surface area contributed by atoms with Crippen molar-refractivity contribution in [2.24, 2.45) is 16.7 Å². The molecular formula is C24H32N2O2. The van der Waals surface area contributed by atoms with Crippen LogP contribution in [0.25, 0.3) is 0 Å². The van der Waals surface area contributed by atoms with Gasteiger partial charge in [-0.2, -0.15) is 5.26 Å². The summed E-state index contributed by atoms with van der Waals surface area (Å²) in [6.07, 6.45) is 7.32. The van der Waals surface area contributed by atoms with E-state index >= 15 is 0 Å². The highest BCUT2D eigenvalue weighted by Crippen LogP contribution is 2.52. The minimum absolute atomic E-state index is 0.160. The van der Waals surface area contributed by atoms with Gasteiger partial charge in [0, 0.05) is 24.1 Å². The van der Waals surface area contributed by atoms with Crippen molar-refractivity contribution in [3.8, 4) is 11.8 Å². The normalized spacial score (nSPS) is 33.9. The van der Waals surface area contributed by atoms with E-state index in [1.54, 1.807) is 0 Å². The Labute approximate surface area is 168 Å². The number of ether oxygens (including phenoxy) is 1. The molecule has 1 saturated heterocycles. The molecule has 3 fully saturated rings. The maximum absolute atomic E-state index is 13.2. The second-order valence-corrected chi connectivity index (χ2v) is 10.4. The third-order valence-electron chi connectivity index (χ3n) is 6.94. The molecule has 0 radical (unpaired) electrons. The molecule has 0 spiro atoms. The summed E-state index contributed by atoms with van der Waals surface area (Å²) in [6, 6.07) is 10.4. The summed E-state index contributed by atoms with van der Waals surface area (Å²) in [7, 11) is 0. The summed E-state index contributed by atoms with van der Waals surface area (Å²) in [5.41, 5.74) is 1.33. The molecule has 1 aromatic carbocycles. The van der Waals surface area contributed by atoms with E-state index in [1.807, 2.05) is 24.3 Å². The summed E-state index contributed by atoms with van der Waals surface area (Å²) < 4.78 is 6.09. The lowest BCUT2D eigenvalue weighted by molar-refractivity contribution is 0.0708. The molecule has 4 nitrogen and oxygen atoms in total. The lowest BCUT2D eigenvalue weighted by Gasteiger charge is -2.39. The predicted molar refractivity (Wildman–Crippen MR) is 109 cm³/mol. The fourth-order valence-electron chi connectivity index (χ4n) is 6.04. The van der Waals surface area contributed by atoms with Crippen LogP contribution in [0.4, 0.5) is 0 Å². The van der Waals surface area contributed by atoms with Gasteiger partial charge in [-0.25, -0.2) is 0 Å². The molecule has 2 atom stereocenters. The SMILES string of the molecule is CC1(C)CC2CC(C)(CN2C(=O)c2ccc(OC3CCC(C#N)CC3)cc2)C1. The molecule has 1 heterocycles. The summed E-state index contributed by atoms with van der Waals surface area (Å²) >= 11 is 0. The van der Waals surface area contributed by atoms with Crippen molar-refractivity contribution in [3.05, 3.63) is 29.8 Å². The van der Waals surface area contributed by atoms with Crippen molar-refractivity contribution in [2.75, 3.05) is 6.54 Å². The Morgan fingerprint density at radius 1 is 1.11 bits per heavy atom. The Kier molecular flexibility index (Phi) is 4.89. The number of fused-ring (bicyclic) bond motifs is 2. The van der Waals surface area contributed by atoms with Gasteiger partial charge in [0.15, 0.2) is 0 Å². The zero-order valence-corrected chi connectivity index (χ0v) is 17.4. The zero-order chi connectivity index (χ0) is 19.9. The number of carbonyl (C=O) groups excluding carboxylic acids is 1. The minimum atomic E-state index is 0.160. The van der Waals surface area contributed by atoms with Gasteiger partial charge in [0.1, 0.15) is 5.75 Å². The van der Waals surface area contributed by atoms with Crippen LogP contribution in [0.2, 0.25) is 0 Å². The van der Waals surface area contributed by atoms with Gasteiger partial charge in [0.2, 0.25) is 0 Å². The number of nitrogens with zero attached hydrogens (tertiary/aromatic N) is 2. The molecule has 3 aliphatic rings. The lowest BCUT2D eigenvalue weighted by atomic mass is 9.65. The minimum Gasteiger partial charge on any atom is -0.490 e. The van der Waals surface area contributed by atoms with Crippen LogP contribution in [0.1, 0.15) is 76.1 Å². The molecule has 0 N–H and O–H groups in total. The van der Waals surface area contributed by atoms with E-state index in [1.165, 1.54) is 6.42 Å². The number of hydrogen-bond donors (Lipinski definition) is 0. The van der Waals surface area contributed by atoms with Crippen LogP contribution >= 0.6 is 0 Å². The average Bonchev–Trinajstić information content (AvgIpc) is 2.91. The number of likely N-dealkylation sites (tertiary alicyclic amines) is 1. The van der Waals surface area contributed by atoms with Crippen molar-refractivity contribution in [3.63, 3.8) is 0 Å². The van der Waals surface area contributed by atoms with E-state index in [4.69, 9.17) is 10.00 Å². The maximum atomic E-state index is 13.2. The summed E-state index contributed by atoms with van der Waals surface area (Å²) in [6.45, 7) is 7.88. The van der Waals surface area contributed by atoms with Crippen LogP contribution in [0.15, 0.2) is 24.3 Å². The molecule has 2 bridgehead atoms. The highest BCUT2D eigenvalue weighted by molar-refractivity contribution is 5.94. The first-order valence-electron chi connectivity index (χ1n) is 10.7. The molecule has 4 heteroatoms. The van der Waals surface area contributed by atoms with E-state index in [0.717, 1.165) is 56.4 Å². The molecular weight excluding hydrogens is 348 g/mol. The number of benzene rings is 1. The zero-order valence-electron chi connectivity index (χ0n) is 17.4. The monoisotopic (exact) mass is 380 g/mol. The van der Waals surface area contributed by atoms with Crippen LogP contribution < -0.4 is 4.74 Å². The number of carbonyl (C=O) groups is 1. The van der Waals surface area contributed by atoms with Gasteiger partial charge in [-0.1, -0.05) is 20.8 Å². The van der Waals surface area contributed by atoms with Crippen LogP contribution in [0.5, 0.6) is 5.75 Å². The first-order valence-corrected chi connectivity index (χ1v) is 10.7. The Bertz CT molecular complexity index is 771. The average molecular weight is 381 g/mol. The fourth-order valence-corrected chi connectivity index (χ4v) is 6.04. The molecule has 1 aromatic rings. The van der Waals surface area contributed by atoms with Gasteiger partial charge >= 0.3 is 0 Å². The van der Waals surface area contributed by atoms with Gasteiger partial charge in [-0.3, -0.25) is 4.79 Å². The Hall–Kier alpha value is -2.02. The molecule has 2 saturated carbocycles. The van der Waals surface area contributed by atoms with Gasteiger partial charge in [-0.15, -0.1) is 0 Å². The second-order valence-electron chi connectivity index (χ2n) is 10.4. The van der Waals surface area contributed by atoms with Gasteiger partial charge in [0.25, 0.3) is 5.91 Å². The largest absolute Gasteiger partial charge is 0.490 e. The highest BCUT2D eigenvalue weighted by Gasteiger charge is 2.51. The first-order chi connectivity index (χ1) is 13.3. The number of hydrogen-bond acceptors (Lipinski definition) is 3. The second kappa shape index (κ2) is 7.10. The highest BCUT2D eigenvalue weighted by atomic mass is 16.5. The van der Waals surface area contributed by atoms with Crippen LogP contribution in [-0.2, 0) is 0 Å². The van der Waals surface area contributed by atoms with Crippen molar-refractivity contribution in [1.29, 1.82) is 5.26 Å². The molecule has 4 rings (SSSR count). The van der Waals surface area contributed by atoms with E-state index < -0.39 is 0 Å². The molecule has 150 valence electrons. The van der Waals surface area contributed by atoms with Crippen LogP contribution in [0.3, 0.4) is 0 Å². The molecule has 2 aliphatic carbocycles. The van der Waals surface area contributed by atoms with Crippen LogP contribution in [-0.4, -0.2) is 29.5 Å². The van der Waals surface area contributed by atoms with E-state index in [2.05, 4.69) is 31.7 Å². The molecule has 1 aliphatic heterocycles. The van der Waals surface area contributed by atoms with E-state index in [-0.39, 0.29) is 23.3 Å².